The van der Waals surface area contributed by atoms with Crippen molar-refractivity contribution in [2.45, 2.75) is 40.5 Å². The minimum Gasteiger partial charge on any atom is -0.355 e. The van der Waals surface area contributed by atoms with Gasteiger partial charge in [0.25, 0.3) is 0 Å². The highest BCUT2D eigenvalue weighted by Gasteiger charge is 2.06. The van der Waals surface area contributed by atoms with Gasteiger partial charge in [-0.25, -0.2) is 0 Å². The molecular weight excluding hydrogens is 226 g/mol. The number of rotatable bonds is 5. The van der Waals surface area contributed by atoms with E-state index < -0.39 is 0 Å². The second-order valence-electron chi connectivity index (χ2n) is 4.77. The third-order valence-electron chi connectivity index (χ3n) is 3.30. The van der Waals surface area contributed by atoms with Crippen molar-refractivity contribution >= 4 is 11.7 Å². The zero-order valence-electron chi connectivity index (χ0n) is 11.6. The number of aryl methyl sites for hydroxylation is 1. The van der Waals surface area contributed by atoms with Crippen molar-refractivity contribution < 1.29 is 9.59 Å². The molecule has 0 atom stereocenters. The van der Waals surface area contributed by atoms with Crippen LogP contribution in [0.3, 0.4) is 0 Å². The zero-order valence-corrected chi connectivity index (χ0v) is 11.6. The van der Waals surface area contributed by atoms with Crippen LogP contribution in [0.4, 0.5) is 0 Å². The normalized spacial score (nSPS) is 10.2. The predicted octanol–water partition coefficient (Wildman–Crippen LogP) is 2.25. The van der Waals surface area contributed by atoms with Crippen molar-refractivity contribution in [1.29, 1.82) is 0 Å². The summed E-state index contributed by atoms with van der Waals surface area (Å²) >= 11 is 0. The minimum atomic E-state index is -0.191. The molecule has 0 heterocycles. The Kier molecular flexibility index (Phi) is 5.08. The van der Waals surface area contributed by atoms with Crippen LogP contribution in [0, 0.1) is 20.8 Å². The molecule has 0 saturated carbocycles. The van der Waals surface area contributed by atoms with Gasteiger partial charge in [-0.3, -0.25) is 9.59 Å². The molecule has 0 saturated heterocycles. The largest absolute Gasteiger partial charge is 0.355 e. The average molecular weight is 247 g/mol. The first kappa shape index (κ1) is 14.4. The Morgan fingerprint density at radius 3 is 2.39 bits per heavy atom. The second kappa shape index (κ2) is 6.34. The average Bonchev–Trinajstić information content (AvgIpc) is 2.28. The van der Waals surface area contributed by atoms with E-state index in [1.54, 1.807) is 0 Å². The van der Waals surface area contributed by atoms with Crippen molar-refractivity contribution in [1.82, 2.24) is 5.32 Å². The van der Waals surface area contributed by atoms with Crippen LogP contribution in [0.2, 0.25) is 0 Å². The monoisotopic (exact) mass is 247 g/mol. The maximum absolute atomic E-state index is 11.3. The highest BCUT2D eigenvalue weighted by molar-refractivity contribution is 5.96. The van der Waals surface area contributed by atoms with Gasteiger partial charge in [0.1, 0.15) is 5.78 Å². The van der Waals surface area contributed by atoms with Crippen LogP contribution in [0.5, 0.6) is 0 Å². The SMILES string of the molecule is CC(=O)CC(=O)NCCc1ccc(C)c(C)c1C. The van der Waals surface area contributed by atoms with Crippen molar-refractivity contribution in [2.75, 3.05) is 6.54 Å². The number of Topliss-reactive ketones (excluding diaryl/α,β-unsaturated/α-hetero) is 1. The number of carbonyl (C=O) groups is 2. The molecule has 1 aromatic carbocycles. The molecule has 98 valence electrons. The molecule has 1 aromatic rings. The fourth-order valence-electron chi connectivity index (χ4n) is 1.91. The molecule has 1 amide bonds. The number of nitrogens with one attached hydrogen (secondary N) is 1. The van der Waals surface area contributed by atoms with Crippen LogP contribution in [0.1, 0.15) is 35.6 Å². The fraction of sp³-hybridized carbons (Fsp3) is 0.467. The quantitative estimate of drug-likeness (QED) is 0.811. The lowest BCUT2D eigenvalue weighted by Crippen LogP contribution is -2.27. The molecule has 3 nitrogen and oxygen atoms in total. The number of benzene rings is 1. The summed E-state index contributed by atoms with van der Waals surface area (Å²) in [7, 11) is 0. The van der Waals surface area contributed by atoms with E-state index in [2.05, 4.69) is 38.2 Å². The molecule has 0 bridgehead atoms. The molecule has 0 aromatic heterocycles. The van der Waals surface area contributed by atoms with Crippen molar-refractivity contribution in [2.24, 2.45) is 0 Å². The Bertz CT molecular complexity index is 464. The highest BCUT2D eigenvalue weighted by atomic mass is 16.2. The van der Waals surface area contributed by atoms with E-state index in [9.17, 15) is 9.59 Å². The summed E-state index contributed by atoms with van der Waals surface area (Å²) in [4.78, 5) is 22.1. The van der Waals surface area contributed by atoms with Crippen LogP contribution in [0.15, 0.2) is 12.1 Å². The Morgan fingerprint density at radius 1 is 1.11 bits per heavy atom. The van der Waals surface area contributed by atoms with E-state index in [1.165, 1.54) is 29.2 Å². The van der Waals surface area contributed by atoms with Crippen molar-refractivity contribution in [3.8, 4) is 0 Å². The smallest absolute Gasteiger partial charge is 0.227 e. The number of ketones is 1. The predicted molar refractivity (Wildman–Crippen MR) is 72.7 cm³/mol. The fourth-order valence-corrected chi connectivity index (χ4v) is 1.91. The van der Waals surface area contributed by atoms with E-state index in [0.717, 1.165) is 6.42 Å². The van der Waals surface area contributed by atoms with Crippen molar-refractivity contribution in [3.05, 3.63) is 34.4 Å². The molecule has 0 aliphatic rings. The summed E-state index contributed by atoms with van der Waals surface area (Å²) in [5.41, 5.74) is 5.14. The van der Waals surface area contributed by atoms with E-state index in [-0.39, 0.29) is 18.1 Å². The van der Waals surface area contributed by atoms with Crippen LogP contribution < -0.4 is 5.32 Å². The maximum Gasteiger partial charge on any atom is 0.227 e. The van der Waals surface area contributed by atoms with Gasteiger partial charge in [0, 0.05) is 6.54 Å². The molecular formula is C15H21NO2. The molecule has 0 spiro atoms. The standard InChI is InChI=1S/C15H21NO2/c1-10-5-6-14(13(4)12(10)3)7-8-16-15(18)9-11(2)17/h5-6H,7-9H2,1-4H3,(H,16,18). The minimum absolute atomic E-state index is 0.0219. The van der Waals surface area contributed by atoms with Crippen LogP contribution >= 0.6 is 0 Å². The van der Waals surface area contributed by atoms with Crippen molar-refractivity contribution in [3.63, 3.8) is 0 Å². The molecule has 1 N–H and O–H groups in total. The topological polar surface area (TPSA) is 46.2 Å². The number of hydrogen-bond donors (Lipinski definition) is 1. The first-order valence-corrected chi connectivity index (χ1v) is 6.23. The molecule has 0 radical (unpaired) electrons. The van der Waals surface area contributed by atoms with Gasteiger partial charge >= 0.3 is 0 Å². The zero-order chi connectivity index (χ0) is 13.7. The van der Waals surface area contributed by atoms with E-state index in [1.807, 2.05) is 0 Å². The lowest BCUT2D eigenvalue weighted by molar-refractivity contribution is -0.127. The summed E-state index contributed by atoms with van der Waals surface area (Å²) in [6.45, 7) is 8.32. The van der Waals surface area contributed by atoms with Gasteiger partial charge in [-0.15, -0.1) is 0 Å². The van der Waals surface area contributed by atoms with Gasteiger partial charge < -0.3 is 5.32 Å². The molecule has 0 fully saturated rings. The molecule has 1 rings (SSSR count). The van der Waals surface area contributed by atoms with E-state index >= 15 is 0 Å². The summed E-state index contributed by atoms with van der Waals surface area (Å²) in [6.07, 6.45) is 0.780. The Morgan fingerprint density at radius 2 is 1.78 bits per heavy atom. The number of hydrogen-bond acceptors (Lipinski definition) is 2. The molecule has 18 heavy (non-hydrogen) atoms. The maximum atomic E-state index is 11.3. The van der Waals surface area contributed by atoms with Crippen LogP contribution in [0.25, 0.3) is 0 Å². The van der Waals surface area contributed by atoms with Gasteiger partial charge in [-0.1, -0.05) is 12.1 Å². The first-order chi connectivity index (χ1) is 8.41. The third-order valence-corrected chi connectivity index (χ3v) is 3.30. The van der Waals surface area contributed by atoms with Crippen LogP contribution in [-0.4, -0.2) is 18.2 Å². The lowest BCUT2D eigenvalue weighted by Gasteiger charge is -2.11. The number of amides is 1. The second-order valence-corrected chi connectivity index (χ2v) is 4.77. The third kappa shape index (κ3) is 3.99. The van der Waals surface area contributed by atoms with Gasteiger partial charge in [0.15, 0.2) is 0 Å². The summed E-state index contributed by atoms with van der Waals surface area (Å²) in [5, 5.41) is 2.76. The number of carbonyl (C=O) groups excluding carboxylic acids is 2. The molecule has 0 aliphatic carbocycles. The molecule has 3 heteroatoms. The van der Waals surface area contributed by atoms with Gasteiger partial charge in [0.05, 0.1) is 6.42 Å². The highest BCUT2D eigenvalue weighted by Crippen LogP contribution is 2.17. The molecule has 0 unspecified atom stereocenters. The first-order valence-electron chi connectivity index (χ1n) is 6.23. The van der Waals surface area contributed by atoms with E-state index in [0.29, 0.717) is 6.54 Å². The summed E-state index contributed by atoms with van der Waals surface area (Å²) < 4.78 is 0. The van der Waals surface area contributed by atoms with Gasteiger partial charge in [-0.2, -0.15) is 0 Å². The summed E-state index contributed by atoms with van der Waals surface area (Å²) in [5.74, 6) is -0.293. The van der Waals surface area contributed by atoms with Gasteiger partial charge in [0.2, 0.25) is 5.91 Å². The van der Waals surface area contributed by atoms with E-state index in [4.69, 9.17) is 0 Å². The Labute approximate surface area is 109 Å². The Hall–Kier alpha value is -1.64. The summed E-state index contributed by atoms with van der Waals surface area (Å²) in [6, 6.07) is 4.21. The van der Waals surface area contributed by atoms with Crippen LogP contribution in [-0.2, 0) is 16.0 Å². The Balaban J connectivity index is 2.52. The van der Waals surface area contributed by atoms with Gasteiger partial charge in [-0.05, 0) is 56.4 Å². The lowest BCUT2D eigenvalue weighted by atomic mass is 9.97. The molecule has 0 aliphatic heterocycles.